The van der Waals surface area contributed by atoms with Crippen molar-refractivity contribution in [2.24, 2.45) is 0 Å². The van der Waals surface area contributed by atoms with Gasteiger partial charge in [0.05, 0.1) is 6.04 Å². The summed E-state index contributed by atoms with van der Waals surface area (Å²) in [5, 5.41) is 8.39. The maximum Gasteiger partial charge on any atom is 0.321 e. The first-order valence-corrected chi connectivity index (χ1v) is 7.27. The number of nitrogens with one attached hydrogen (secondary N) is 3. The fourth-order valence-corrected chi connectivity index (χ4v) is 2.35. The van der Waals surface area contributed by atoms with E-state index < -0.39 is 6.03 Å². The molecule has 1 saturated heterocycles. The van der Waals surface area contributed by atoms with Crippen molar-refractivity contribution in [3.63, 3.8) is 0 Å². The molecule has 124 valence electrons. The molecule has 0 saturated carbocycles. The van der Waals surface area contributed by atoms with Gasteiger partial charge in [-0.2, -0.15) is 0 Å². The van der Waals surface area contributed by atoms with E-state index in [1.54, 1.807) is 0 Å². The molecule has 0 aromatic heterocycles. The number of hydrogen-bond acceptors (Lipinski definition) is 4. The number of piperidine rings is 1. The number of urea groups is 1. The molecule has 0 aromatic rings. The third kappa shape index (κ3) is 7.11. The van der Waals surface area contributed by atoms with Crippen molar-refractivity contribution in [3.8, 4) is 0 Å². The molecule has 0 spiro atoms. The van der Waals surface area contributed by atoms with Crippen LogP contribution in [0.1, 0.15) is 40.5 Å². The van der Waals surface area contributed by atoms with Crippen molar-refractivity contribution in [1.29, 1.82) is 0 Å². The van der Waals surface area contributed by atoms with Crippen molar-refractivity contribution in [1.82, 2.24) is 20.9 Å². The Bertz CT molecular complexity index is 357. The number of likely N-dealkylation sites (N-methyl/N-ethyl adjacent to an activating group) is 1. The van der Waals surface area contributed by atoms with E-state index in [0.29, 0.717) is 6.04 Å². The van der Waals surface area contributed by atoms with Gasteiger partial charge in [0, 0.05) is 18.1 Å². The van der Waals surface area contributed by atoms with Gasteiger partial charge < -0.3 is 10.6 Å². The molecule has 2 atom stereocenters. The minimum Gasteiger partial charge on any atom is -0.333 e. The first-order valence-electron chi connectivity index (χ1n) is 7.27. The fourth-order valence-electron chi connectivity index (χ4n) is 2.35. The minimum atomic E-state index is -0.434. The highest BCUT2D eigenvalue weighted by atomic mass is 35.5. The molecular weight excluding hydrogens is 292 g/mol. The summed E-state index contributed by atoms with van der Waals surface area (Å²) >= 11 is 0. The Hall–Kier alpha value is -0.850. The summed E-state index contributed by atoms with van der Waals surface area (Å²) in [6.07, 6.45) is 2.20. The molecule has 1 aliphatic heterocycles. The largest absolute Gasteiger partial charge is 0.333 e. The molecule has 1 heterocycles. The summed E-state index contributed by atoms with van der Waals surface area (Å²) < 4.78 is 0. The first kappa shape index (κ1) is 20.1. The van der Waals surface area contributed by atoms with Gasteiger partial charge >= 0.3 is 6.03 Å². The first-order chi connectivity index (χ1) is 9.23. The summed E-state index contributed by atoms with van der Waals surface area (Å²) in [5.74, 6) is -0.247. The van der Waals surface area contributed by atoms with E-state index in [0.717, 1.165) is 25.9 Å². The van der Waals surface area contributed by atoms with Gasteiger partial charge in [0.25, 0.3) is 0 Å². The standard InChI is InChI=1S/C14H28N4O2.ClH/c1-10(18-8-6-7-11(9-18)15-5)12(19)16-13(20)17-14(2,3)4;/h10-11,15H,6-9H2,1-5H3,(H2,16,17,19,20);1H. The lowest BCUT2D eigenvalue weighted by Gasteiger charge is -2.35. The molecular formula is C14H29ClN4O2. The van der Waals surface area contributed by atoms with Gasteiger partial charge in [0.1, 0.15) is 0 Å². The third-order valence-electron chi connectivity index (χ3n) is 3.51. The molecule has 6 nitrogen and oxygen atoms in total. The average molecular weight is 321 g/mol. The highest BCUT2D eigenvalue weighted by Crippen LogP contribution is 2.12. The Morgan fingerprint density at radius 3 is 2.43 bits per heavy atom. The maximum absolute atomic E-state index is 12.1. The Balaban J connectivity index is 0.00000400. The zero-order chi connectivity index (χ0) is 15.3. The van der Waals surface area contributed by atoms with Gasteiger partial charge in [-0.25, -0.2) is 4.79 Å². The van der Waals surface area contributed by atoms with Crippen molar-refractivity contribution < 1.29 is 9.59 Å². The summed E-state index contributed by atoms with van der Waals surface area (Å²) in [5.41, 5.74) is -0.351. The van der Waals surface area contributed by atoms with Crippen LogP contribution in [0.15, 0.2) is 0 Å². The van der Waals surface area contributed by atoms with Gasteiger partial charge in [0.15, 0.2) is 0 Å². The van der Waals surface area contributed by atoms with E-state index in [2.05, 4.69) is 20.9 Å². The van der Waals surface area contributed by atoms with Crippen molar-refractivity contribution in [2.45, 2.75) is 58.2 Å². The number of hydrogen-bond donors (Lipinski definition) is 3. The second-order valence-corrected chi connectivity index (χ2v) is 6.49. The number of nitrogens with zero attached hydrogens (tertiary/aromatic N) is 1. The summed E-state index contributed by atoms with van der Waals surface area (Å²) in [4.78, 5) is 25.9. The molecule has 21 heavy (non-hydrogen) atoms. The number of carbonyl (C=O) groups excluding carboxylic acids is 2. The highest BCUT2D eigenvalue weighted by Gasteiger charge is 2.28. The fraction of sp³-hybridized carbons (Fsp3) is 0.857. The molecule has 0 radical (unpaired) electrons. The van der Waals surface area contributed by atoms with Gasteiger partial charge in [-0.1, -0.05) is 0 Å². The van der Waals surface area contributed by atoms with Crippen LogP contribution in [0, 0.1) is 0 Å². The van der Waals surface area contributed by atoms with Crippen LogP contribution in [0.3, 0.4) is 0 Å². The van der Waals surface area contributed by atoms with Gasteiger partial charge in [-0.15, -0.1) is 12.4 Å². The minimum absolute atomic E-state index is 0. The lowest BCUT2D eigenvalue weighted by molar-refractivity contribution is -0.125. The Kier molecular flexibility index (Phi) is 8.21. The second-order valence-electron chi connectivity index (χ2n) is 6.49. The van der Waals surface area contributed by atoms with E-state index in [4.69, 9.17) is 0 Å². The molecule has 0 aromatic carbocycles. The topological polar surface area (TPSA) is 73.5 Å². The average Bonchev–Trinajstić information content (AvgIpc) is 2.35. The second kappa shape index (κ2) is 8.56. The predicted octanol–water partition coefficient (Wildman–Crippen LogP) is 1.10. The van der Waals surface area contributed by atoms with Gasteiger partial charge in [-0.05, 0) is 54.1 Å². The smallest absolute Gasteiger partial charge is 0.321 e. The zero-order valence-electron chi connectivity index (χ0n) is 13.7. The van der Waals surface area contributed by atoms with E-state index >= 15 is 0 Å². The molecule has 0 aliphatic carbocycles. The Labute approximate surface area is 133 Å². The van der Waals surface area contributed by atoms with Crippen LogP contribution in [0.5, 0.6) is 0 Å². The molecule has 1 rings (SSSR count). The molecule has 1 fully saturated rings. The van der Waals surface area contributed by atoms with E-state index in [9.17, 15) is 9.59 Å². The molecule has 7 heteroatoms. The van der Waals surface area contributed by atoms with Gasteiger partial charge in [0.2, 0.25) is 5.91 Å². The highest BCUT2D eigenvalue weighted by molar-refractivity contribution is 5.97. The van der Waals surface area contributed by atoms with E-state index in [1.807, 2.05) is 34.7 Å². The van der Waals surface area contributed by atoms with E-state index in [-0.39, 0.29) is 29.9 Å². The number of imide groups is 1. The third-order valence-corrected chi connectivity index (χ3v) is 3.51. The number of amides is 3. The van der Waals surface area contributed by atoms with Crippen LogP contribution in [0.4, 0.5) is 4.79 Å². The number of halogens is 1. The Morgan fingerprint density at radius 2 is 1.90 bits per heavy atom. The monoisotopic (exact) mass is 320 g/mol. The summed E-state index contributed by atoms with van der Waals surface area (Å²) in [7, 11) is 1.94. The van der Waals surface area contributed by atoms with Crippen LogP contribution >= 0.6 is 12.4 Å². The van der Waals surface area contributed by atoms with Crippen LogP contribution in [-0.4, -0.2) is 54.6 Å². The SMILES string of the molecule is CNC1CCCN(C(C)C(=O)NC(=O)NC(C)(C)C)C1.Cl. The van der Waals surface area contributed by atoms with Crippen molar-refractivity contribution in [2.75, 3.05) is 20.1 Å². The van der Waals surface area contributed by atoms with E-state index in [1.165, 1.54) is 0 Å². The number of likely N-dealkylation sites (tertiary alicyclic amines) is 1. The van der Waals surface area contributed by atoms with Crippen molar-refractivity contribution in [3.05, 3.63) is 0 Å². The quantitative estimate of drug-likeness (QED) is 0.728. The van der Waals surface area contributed by atoms with Crippen LogP contribution in [-0.2, 0) is 4.79 Å². The zero-order valence-corrected chi connectivity index (χ0v) is 14.5. The normalized spacial score (nSPS) is 21.1. The van der Waals surface area contributed by atoms with Crippen LogP contribution in [0.2, 0.25) is 0 Å². The van der Waals surface area contributed by atoms with Crippen molar-refractivity contribution >= 4 is 24.3 Å². The molecule has 0 bridgehead atoms. The van der Waals surface area contributed by atoms with Crippen LogP contribution in [0.25, 0.3) is 0 Å². The summed E-state index contributed by atoms with van der Waals surface area (Å²) in [6, 6.07) is -0.309. The molecule has 3 N–H and O–H groups in total. The maximum atomic E-state index is 12.1. The number of rotatable bonds is 3. The van der Waals surface area contributed by atoms with Crippen LogP contribution < -0.4 is 16.0 Å². The molecule has 2 unspecified atom stereocenters. The molecule has 1 aliphatic rings. The summed E-state index contributed by atoms with van der Waals surface area (Å²) in [6.45, 7) is 9.21. The van der Waals surface area contributed by atoms with Gasteiger partial charge in [-0.3, -0.25) is 15.0 Å². The molecule has 3 amide bonds. The lowest BCUT2D eigenvalue weighted by atomic mass is 10.0. The lowest BCUT2D eigenvalue weighted by Crippen LogP contribution is -2.56. The Morgan fingerprint density at radius 1 is 1.29 bits per heavy atom. The predicted molar refractivity (Wildman–Crippen MR) is 86.8 cm³/mol. The number of carbonyl (C=O) groups is 2.